The van der Waals surface area contributed by atoms with E-state index in [9.17, 15) is 4.39 Å². The molecular formula is C16H24FN. The average Bonchev–Trinajstić information content (AvgIpc) is 2.29. The molecule has 1 saturated carbocycles. The molecule has 18 heavy (non-hydrogen) atoms. The number of hydrogen-bond donors (Lipinski definition) is 1. The van der Waals surface area contributed by atoms with Crippen LogP contribution in [-0.4, -0.2) is 6.04 Å². The highest BCUT2D eigenvalue weighted by atomic mass is 19.1. The van der Waals surface area contributed by atoms with Gasteiger partial charge < -0.3 is 5.73 Å². The molecular weight excluding hydrogens is 225 g/mol. The van der Waals surface area contributed by atoms with Gasteiger partial charge in [0, 0.05) is 6.04 Å². The van der Waals surface area contributed by atoms with Crippen LogP contribution in [-0.2, 0) is 0 Å². The molecule has 3 unspecified atom stereocenters. The molecule has 1 aromatic rings. The summed E-state index contributed by atoms with van der Waals surface area (Å²) in [6, 6.07) is 7.09. The minimum Gasteiger partial charge on any atom is -0.327 e. The Hall–Kier alpha value is -0.890. The Morgan fingerprint density at radius 3 is 2.28 bits per heavy atom. The van der Waals surface area contributed by atoms with Crippen LogP contribution < -0.4 is 5.73 Å². The molecule has 2 rings (SSSR count). The highest BCUT2D eigenvalue weighted by molar-refractivity contribution is 5.23. The highest BCUT2D eigenvalue weighted by Crippen LogP contribution is 2.43. The van der Waals surface area contributed by atoms with Gasteiger partial charge in [0.15, 0.2) is 0 Å². The van der Waals surface area contributed by atoms with E-state index in [1.165, 1.54) is 12.0 Å². The van der Waals surface area contributed by atoms with Gasteiger partial charge in [0.1, 0.15) is 5.82 Å². The minimum atomic E-state index is -0.171. The second-order valence-electron chi connectivity index (χ2n) is 6.70. The zero-order valence-electron chi connectivity index (χ0n) is 11.6. The summed E-state index contributed by atoms with van der Waals surface area (Å²) in [6.45, 7) is 6.91. The van der Waals surface area contributed by atoms with Gasteiger partial charge in [0.2, 0.25) is 0 Å². The van der Waals surface area contributed by atoms with Crippen LogP contribution in [0.15, 0.2) is 24.3 Å². The summed E-state index contributed by atoms with van der Waals surface area (Å²) in [6.07, 6.45) is 3.41. The van der Waals surface area contributed by atoms with E-state index in [0.29, 0.717) is 17.3 Å². The fourth-order valence-corrected chi connectivity index (χ4v) is 3.07. The van der Waals surface area contributed by atoms with E-state index in [4.69, 9.17) is 5.73 Å². The molecule has 100 valence electrons. The summed E-state index contributed by atoms with van der Waals surface area (Å²) in [7, 11) is 0. The molecule has 0 heterocycles. The van der Waals surface area contributed by atoms with Crippen LogP contribution in [0.5, 0.6) is 0 Å². The predicted molar refractivity (Wildman–Crippen MR) is 73.9 cm³/mol. The third-order valence-corrected chi connectivity index (χ3v) is 4.43. The second-order valence-corrected chi connectivity index (χ2v) is 6.70. The third kappa shape index (κ3) is 2.92. The number of nitrogens with two attached hydrogens (primary N) is 1. The van der Waals surface area contributed by atoms with Gasteiger partial charge in [-0.05, 0) is 54.2 Å². The van der Waals surface area contributed by atoms with Crippen LogP contribution in [0.4, 0.5) is 4.39 Å². The molecule has 0 saturated heterocycles. The lowest BCUT2D eigenvalue weighted by atomic mass is 9.66. The number of hydrogen-bond acceptors (Lipinski definition) is 1. The third-order valence-electron chi connectivity index (χ3n) is 4.43. The number of halogens is 1. The maximum Gasteiger partial charge on any atom is 0.123 e. The van der Waals surface area contributed by atoms with Crippen LogP contribution in [0.25, 0.3) is 0 Å². The molecule has 1 fully saturated rings. The van der Waals surface area contributed by atoms with Crippen molar-refractivity contribution in [3.8, 4) is 0 Å². The van der Waals surface area contributed by atoms with Crippen molar-refractivity contribution < 1.29 is 4.39 Å². The normalized spacial score (nSPS) is 29.3. The molecule has 1 aliphatic rings. The molecule has 0 amide bonds. The monoisotopic (exact) mass is 249 g/mol. The molecule has 1 nitrogen and oxygen atoms in total. The molecule has 3 atom stereocenters. The average molecular weight is 249 g/mol. The summed E-state index contributed by atoms with van der Waals surface area (Å²) in [5.41, 5.74) is 7.79. The van der Waals surface area contributed by atoms with Crippen LogP contribution in [0, 0.1) is 17.2 Å². The summed E-state index contributed by atoms with van der Waals surface area (Å²) in [5.74, 6) is 0.909. The first-order valence-corrected chi connectivity index (χ1v) is 6.89. The van der Waals surface area contributed by atoms with E-state index in [-0.39, 0.29) is 11.9 Å². The van der Waals surface area contributed by atoms with E-state index in [1.807, 2.05) is 12.1 Å². The van der Waals surface area contributed by atoms with E-state index >= 15 is 0 Å². The maximum atomic E-state index is 13.0. The zero-order chi connectivity index (χ0) is 13.3. The largest absolute Gasteiger partial charge is 0.327 e. The van der Waals surface area contributed by atoms with E-state index in [0.717, 1.165) is 12.8 Å². The lowest BCUT2D eigenvalue weighted by Crippen LogP contribution is -2.38. The lowest BCUT2D eigenvalue weighted by molar-refractivity contribution is 0.154. The summed E-state index contributed by atoms with van der Waals surface area (Å²) < 4.78 is 13.0. The van der Waals surface area contributed by atoms with Crippen molar-refractivity contribution in [2.24, 2.45) is 17.1 Å². The molecule has 2 heteroatoms. The van der Waals surface area contributed by atoms with Crippen molar-refractivity contribution >= 4 is 0 Å². The van der Waals surface area contributed by atoms with Crippen molar-refractivity contribution in [1.29, 1.82) is 0 Å². The van der Waals surface area contributed by atoms with E-state index in [2.05, 4.69) is 20.8 Å². The smallest absolute Gasteiger partial charge is 0.123 e. The van der Waals surface area contributed by atoms with Crippen LogP contribution in [0.3, 0.4) is 0 Å². The number of benzene rings is 1. The van der Waals surface area contributed by atoms with E-state index in [1.54, 1.807) is 12.1 Å². The van der Waals surface area contributed by atoms with Crippen LogP contribution >= 0.6 is 0 Å². The van der Waals surface area contributed by atoms with Crippen molar-refractivity contribution in [1.82, 2.24) is 0 Å². The summed E-state index contributed by atoms with van der Waals surface area (Å²) in [5, 5.41) is 0. The van der Waals surface area contributed by atoms with Gasteiger partial charge >= 0.3 is 0 Å². The fraction of sp³-hybridized carbons (Fsp3) is 0.625. The van der Waals surface area contributed by atoms with Crippen molar-refractivity contribution in [2.75, 3.05) is 0 Å². The standard InChI is InChI=1S/C16H24FN/c1-16(2,3)12-6-9-15(18)14(10-12)11-4-7-13(17)8-5-11/h4-5,7-8,12,14-15H,6,9-10,18H2,1-3H3. The molecule has 0 spiro atoms. The van der Waals surface area contributed by atoms with Crippen LogP contribution in [0.2, 0.25) is 0 Å². The Labute approximate surface area is 110 Å². The van der Waals surface area contributed by atoms with Crippen molar-refractivity contribution in [2.45, 2.75) is 52.0 Å². The Bertz CT molecular complexity index is 391. The number of rotatable bonds is 1. The fourth-order valence-electron chi connectivity index (χ4n) is 3.07. The molecule has 2 N–H and O–H groups in total. The quantitative estimate of drug-likeness (QED) is 0.797. The zero-order valence-corrected chi connectivity index (χ0v) is 11.6. The minimum absolute atomic E-state index is 0.171. The van der Waals surface area contributed by atoms with Gasteiger partial charge in [-0.3, -0.25) is 0 Å². The Morgan fingerprint density at radius 1 is 1.11 bits per heavy atom. The van der Waals surface area contributed by atoms with Gasteiger partial charge in [-0.15, -0.1) is 0 Å². The Kier molecular flexibility index (Phi) is 3.76. The molecule has 0 bridgehead atoms. The SMILES string of the molecule is CC(C)(C)C1CCC(N)C(c2ccc(F)cc2)C1. The van der Waals surface area contributed by atoms with Gasteiger partial charge in [-0.2, -0.15) is 0 Å². The van der Waals surface area contributed by atoms with Gasteiger partial charge in [-0.1, -0.05) is 32.9 Å². The second kappa shape index (κ2) is 5.00. The molecule has 1 aromatic carbocycles. The highest BCUT2D eigenvalue weighted by Gasteiger charge is 2.34. The maximum absolute atomic E-state index is 13.0. The van der Waals surface area contributed by atoms with Crippen LogP contribution in [0.1, 0.15) is 51.5 Å². The first-order chi connectivity index (χ1) is 8.38. The molecule has 0 radical (unpaired) electrons. The Balaban J connectivity index is 2.17. The topological polar surface area (TPSA) is 26.0 Å². The van der Waals surface area contributed by atoms with Crippen molar-refractivity contribution in [3.05, 3.63) is 35.6 Å². The Morgan fingerprint density at radius 2 is 1.72 bits per heavy atom. The molecule has 0 aliphatic heterocycles. The van der Waals surface area contributed by atoms with Gasteiger partial charge in [-0.25, -0.2) is 4.39 Å². The predicted octanol–water partition coefficient (Wildman–Crippen LogP) is 4.08. The first-order valence-electron chi connectivity index (χ1n) is 6.89. The lowest BCUT2D eigenvalue weighted by Gasteiger charge is -2.41. The van der Waals surface area contributed by atoms with Gasteiger partial charge in [0.05, 0.1) is 0 Å². The van der Waals surface area contributed by atoms with E-state index < -0.39 is 0 Å². The first kappa shape index (κ1) is 13.5. The molecule has 1 aliphatic carbocycles. The van der Waals surface area contributed by atoms with Crippen molar-refractivity contribution in [3.63, 3.8) is 0 Å². The summed E-state index contributed by atoms with van der Waals surface area (Å²) in [4.78, 5) is 0. The summed E-state index contributed by atoms with van der Waals surface area (Å²) >= 11 is 0. The van der Waals surface area contributed by atoms with Gasteiger partial charge in [0.25, 0.3) is 0 Å². The molecule has 0 aromatic heterocycles.